The fourth-order valence-electron chi connectivity index (χ4n) is 2.05. The molecule has 0 aromatic heterocycles. The van der Waals surface area contributed by atoms with Crippen LogP contribution in [0.5, 0.6) is 5.75 Å². The molecule has 0 saturated heterocycles. The number of ether oxygens (including phenoxy) is 1. The van der Waals surface area contributed by atoms with Crippen LogP contribution < -0.4 is 10.1 Å². The Hall–Kier alpha value is -1.02. The Morgan fingerprint density at radius 2 is 1.72 bits per heavy atom. The van der Waals surface area contributed by atoms with Gasteiger partial charge < -0.3 is 10.1 Å². The molecule has 0 aliphatic heterocycles. The van der Waals surface area contributed by atoms with Crippen molar-refractivity contribution in [1.29, 1.82) is 0 Å². The van der Waals surface area contributed by atoms with Crippen LogP contribution in [0.15, 0.2) is 24.3 Å². The first kappa shape index (κ1) is 15.0. The lowest BCUT2D eigenvalue weighted by molar-refractivity contribution is 0.302. The van der Waals surface area contributed by atoms with Gasteiger partial charge >= 0.3 is 0 Å². The number of nitrogens with one attached hydrogen (secondary N) is 1. The Morgan fingerprint density at radius 1 is 1.06 bits per heavy atom. The molecule has 0 spiro atoms. The van der Waals surface area contributed by atoms with Gasteiger partial charge in [-0.25, -0.2) is 0 Å². The van der Waals surface area contributed by atoms with Crippen LogP contribution in [0.25, 0.3) is 0 Å². The summed E-state index contributed by atoms with van der Waals surface area (Å²) in [5.74, 6) is 0.973. The van der Waals surface area contributed by atoms with Crippen molar-refractivity contribution in [3.8, 4) is 5.75 Å². The van der Waals surface area contributed by atoms with Crippen molar-refractivity contribution in [2.75, 3.05) is 13.2 Å². The van der Waals surface area contributed by atoms with Gasteiger partial charge in [0, 0.05) is 12.6 Å². The van der Waals surface area contributed by atoms with E-state index < -0.39 is 0 Å². The number of hydrogen-bond donors (Lipinski definition) is 1. The molecular weight excluding hydrogens is 222 g/mol. The minimum absolute atomic E-state index is 0.625. The zero-order chi connectivity index (χ0) is 13.2. The second-order valence-electron chi connectivity index (χ2n) is 4.71. The molecule has 0 radical (unpaired) electrons. The van der Waals surface area contributed by atoms with Crippen LogP contribution in [-0.4, -0.2) is 19.2 Å². The molecule has 0 heterocycles. The highest BCUT2D eigenvalue weighted by atomic mass is 16.5. The highest BCUT2D eigenvalue weighted by Gasteiger charge is 2.01. The third kappa shape index (κ3) is 5.54. The topological polar surface area (TPSA) is 21.3 Å². The lowest BCUT2D eigenvalue weighted by Gasteiger charge is -2.15. The van der Waals surface area contributed by atoms with Gasteiger partial charge in [0.1, 0.15) is 12.4 Å². The SMILES string of the molecule is CCCc1ccc(OCCNC(CC)CC)cc1. The van der Waals surface area contributed by atoms with E-state index in [-0.39, 0.29) is 0 Å². The van der Waals surface area contributed by atoms with Crippen molar-refractivity contribution in [3.05, 3.63) is 29.8 Å². The van der Waals surface area contributed by atoms with E-state index in [4.69, 9.17) is 4.74 Å². The van der Waals surface area contributed by atoms with Crippen molar-refractivity contribution >= 4 is 0 Å². The molecule has 18 heavy (non-hydrogen) atoms. The molecule has 1 aromatic rings. The molecule has 0 amide bonds. The van der Waals surface area contributed by atoms with E-state index in [1.54, 1.807) is 0 Å². The molecule has 2 nitrogen and oxygen atoms in total. The summed E-state index contributed by atoms with van der Waals surface area (Å²) in [6.45, 7) is 8.30. The van der Waals surface area contributed by atoms with Gasteiger partial charge in [-0.05, 0) is 37.0 Å². The van der Waals surface area contributed by atoms with E-state index >= 15 is 0 Å². The number of hydrogen-bond acceptors (Lipinski definition) is 2. The van der Waals surface area contributed by atoms with Gasteiger partial charge in [0.2, 0.25) is 0 Å². The zero-order valence-corrected chi connectivity index (χ0v) is 12.0. The van der Waals surface area contributed by atoms with Crippen molar-refractivity contribution in [2.45, 2.75) is 52.5 Å². The molecule has 102 valence electrons. The summed E-state index contributed by atoms with van der Waals surface area (Å²) in [5, 5.41) is 3.50. The molecule has 0 aliphatic rings. The fourth-order valence-corrected chi connectivity index (χ4v) is 2.05. The van der Waals surface area contributed by atoms with Crippen LogP contribution in [0.3, 0.4) is 0 Å². The molecule has 0 atom stereocenters. The van der Waals surface area contributed by atoms with E-state index in [1.807, 2.05) is 0 Å². The van der Waals surface area contributed by atoms with Crippen molar-refractivity contribution < 1.29 is 4.74 Å². The van der Waals surface area contributed by atoms with E-state index in [0.717, 1.165) is 25.3 Å². The maximum absolute atomic E-state index is 5.72. The van der Waals surface area contributed by atoms with Gasteiger partial charge in [0.25, 0.3) is 0 Å². The minimum atomic E-state index is 0.625. The Bertz CT molecular complexity index is 303. The third-order valence-electron chi connectivity index (χ3n) is 3.25. The average Bonchev–Trinajstić information content (AvgIpc) is 2.41. The molecular formula is C16H27NO. The summed E-state index contributed by atoms with van der Waals surface area (Å²) in [6.07, 6.45) is 4.71. The van der Waals surface area contributed by atoms with Gasteiger partial charge in [-0.3, -0.25) is 0 Å². The van der Waals surface area contributed by atoms with E-state index in [9.17, 15) is 0 Å². The first-order chi connectivity index (χ1) is 8.80. The summed E-state index contributed by atoms with van der Waals surface area (Å²) in [4.78, 5) is 0. The number of rotatable bonds is 9. The first-order valence-electron chi connectivity index (χ1n) is 7.25. The van der Waals surface area contributed by atoms with E-state index in [0.29, 0.717) is 6.04 Å². The predicted octanol–water partition coefficient (Wildman–Crippen LogP) is 3.80. The summed E-state index contributed by atoms with van der Waals surface area (Å²) in [6, 6.07) is 9.09. The van der Waals surface area contributed by atoms with Crippen LogP contribution in [-0.2, 0) is 6.42 Å². The molecule has 0 fully saturated rings. The van der Waals surface area contributed by atoms with Crippen molar-refractivity contribution in [3.63, 3.8) is 0 Å². The van der Waals surface area contributed by atoms with Gasteiger partial charge in [-0.2, -0.15) is 0 Å². The Morgan fingerprint density at radius 3 is 2.28 bits per heavy atom. The average molecular weight is 249 g/mol. The molecule has 1 rings (SSSR count). The highest BCUT2D eigenvalue weighted by Crippen LogP contribution is 2.13. The zero-order valence-electron chi connectivity index (χ0n) is 12.0. The number of benzene rings is 1. The van der Waals surface area contributed by atoms with Crippen LogP contribution in [0.4, 0.5) is 0 Å². The van der Waals surface area contributed by atoms with Gasteiger partial charge in [-0.1, -0.05) is 39.3 Å². The summed E-state index contributed by atoms with van der Waals surface area (Å²) in [5.41, 5.74) is 1.39. The summed E-state index contributed by atoms with van der Waals surface area (Å²) < 4.78 is 5.72. The van der Waals surface area contributed by atoms with E-state index in [1.165, 1.54) is 24.8 Å². The second-order valence-corrected chi connectivity index (χ2v) is 4.71. The van der Waals surface area contributed by atoms with E-state index in [2.05, 4.69) is 50.4 Å². The van der Waals surface area contributed by atoms with Crippen LogP contribution in [0, 0.1) is 0 Å². The Labute approximate surface area is 112 Å². The third-order valence-corrected chi connectivity index (χ3v) is 3.25. The minimum Gasteiger partial charge on any atom is -0.492 e. The molecule has 0 saturated carbocycles. The molecule has 1 N–H and O–H groups in total. The highest BCUT2D eigenvalue weighted by molar-refractivity contribution is 5.27. The first-order valence-corrected chi connectivity index (χ1v) is 7.25. The van der Waals surface area contributed by atoms with Crippen molar-refractivity contribution in [1.82, 2.24) is 5.32 Å². The maximum atomic E-state index is 5.72. The lowest BCUT2D eigenvalue weighted by Crippen LogP contribution is -2.31. The number of aryl methyl sites for hydroxylation is 1. The maximum Gasteiger partial charge on any atom is 0.119 e. The smallest absolute Gasteiger partial charge is 0.119 e. The predicted molar refractivity (Wildman–Crippen MR) is 78.3 cm³/mol. The Balaban J connectivity index is 2.22. The quantitative estimate of drug-likeness (QED) is 0.672. The molecule has 1 aromatic carbocycles. The molecule has 2 heteroatoms. The van der Waals surface area contributed by atoms with Gasteiger partial charge in [-0.15, -0.1) is 0 Å². The molecule has 0 aliphatic carbocycles. The fraction of sp³-hybridized carbons (Fsp3) is 0.625. The molecule has 0 unspecified atom stereocenters. The van der Waals surface area contributed by atoms with Crippen LogP contribution >= 0.6 is 0 Å². The molecule has 0 bridgehead atoms. The lowest BCUT2D eigenvalue weighted by atomic mass is 10.1. The van der Waals surface area contributed by atoms with Crippen LogP contribution in [0.2, 0.25) is 0 Å². The van der Waals surface area contributed by atoms with Gasteiger partial charge in [0.05, 0.1) is 0 Å². The largest absolute Gasteiger partial charge is 0.492 e. The Kier molecular flexibility index (Phi) is 7.51. The van der Waals surface area contributed by atoms with Gasteiger partial charge in [0.15, 0.2) is 0 Å². The summed E-state index contributed by atoms with van der Waals surface area (Å²) >= 11 is 0. The normalized spacial score (nSPS) is 10.9. The monoisotopic (exact) mass is 249 g/mol. The summed E-state index contributed by atoms with van der Waals surface area (Å²) in [7, 11) is 0. The second kappa shape index (κ2) is 8.98. The van der Waals surface area contributed by atoms with Crippen LogP contribution in [0.1, 0.15) is 45.6 Å². The standard InChI is InChI=1S/C16H27NO/c1-4-7-14-8-10-16(11-9-14)18-13-12-17-15(5-2)6-3/h8-11,15,17H,4-7,12-13H2,1-3H3. The van der Waals surface area contributed by atoms with Crippen molar-refractivity contribution in [2.24, 2.45) is 0 Å².